The predicted molar refractivity (Wildman–Crippen MR) is 131 cm³/mol. The number of aliphatic carboxylic acids is 1. The van der Waals surface area contributed by atoms with E-state index in [-0.39, 0.29) is 12.1 Å². The third-order valence-electron chi connectivity index (χ3n) is 6.15. The minimum Gasteiger partial charge on any atom is -0.480 e. The first kappa shape index (κ1) is 21.6. The van der Waals surface area contributed by atoms with Crippen LogP contribution in [0.15, 0.2) is 64.6 Å². The van der Waals surface area contributed by atoms with E-state index >= 15 is 0 Å². The molecule has 3 N–H and O–H groups in total. The van der Waals surface area contributed by atoms with E-state index in [0.717, 1.165) is 34.9 Å². The molecule has 0 unspecified atom stereocenters. The van der Waals surface area contributed by atoms with E-state index in [1.54, 1.807) is 18.6 Å². The van der Waals surface area contributed by atoms with Crippen LogP contribution in [0.4, 0.5) is 22.9 Å². The van der Waals surface area contributed by atoms with Crippen molar-refractivity contribution in [2.45, 2.75) is 25.3 Å². The minimum absolute atomic E-state index is 0.119. The van der Waals surface area contributed by atoms with Gasteiger partial charge < -0.3 is 20.6 Å². The summed E-state index contributed by atoms with van der Waals surface area (Å²) >= 11 is 0. The Kier molecular flexibility index (Phi) is 5.67. The lowest BCUT2D eigenvalue weighted by Crippen LogP contribution is -2.45. The van der Waals surface area contributed by atoms with Gasteiger partial charge in [-0.15, -0.1) is 0 Å². The Morgan fingerprint density at radius 2 is 1.76 bits per heavy atom. The lowest BCUT2D eigenvalue weighted by Gasteiger charge is -2.25. The van der Waals surface area contributed by atoms with Crippen molar-refractivity contribution in [1.82, 2.24) is 9.97 Å². The molecule has 5 rings (SSSR count). The molecule has 0 radical (unpaired) electrons. The summed E-state index contributed by atoms with van der Waals surface area (Å²) in [6.45, 7) is 1.40. The number of anilines is 4. The van der Waals surface area contributed by atoms with E-state index in [1.807, 2.05) is 41.3 Å². The zero-order valence-corrected chi connectivity index (χ0v) is 18.3. The maximum absolute atomic E-state index is 12.1. The van der Waals surface area contributed by atoms with Crippen molar-refractivity contribution in [3.05, 3.63) is 81.0 Å². The molecule has 4 aromatic rings. The van der Waals surface area contributed by atoms with Gasteiger partial charge in [0, 0.05) is 49.2 Å². The highest BCUT2D eigenvalue weighted by Gasteiger charge is 2.30. The van der Waals surface area contributed by atoms with E-state index in [0.29, 0.717) is 24.6 Å². The van der Waals surface area contributed by atoms with Crippen LogP contribution < -0.4 is 26.4 Å². The summed E-state index contributed by atoms with van der Waals surface area (Å²) in [5.41, 5.74) is 0.829. The summed E-state index contributed by atoms with van der Waals surface area (Å²) in [5, 5.41) is 17.7. The molecular weight excluding hydrogens is 434 g/mol. The third-order valence-corrected chi connectivity index (χ3v) is 6.15. The fourth-order valence-electron chi connectivity index (χ4n) is 4.34. The molecule has 2 aromatic heterocycles. The number of rotatable bonds is 8. The molecule has 1 saturated heterocycles. The van der Waals surface area contributed by atoms with E-state index in [4.69, 9.17) is 0 Å². The van der Waals surface area contributed by atoms with Gasteiger partial charge in [-0.2, -0.15) is 0 Å². The Balaban J connectivity index is 1.30. The van der Waals surface area contributed by atoms with Gasteiger partial charge in [0.05, 0.1) is 0 Å². The number of carbonyl (C=O) groups is 1. The molecule has 1 aliphatic heterocycles. The Hall–Kier alpha value is -4.27. The summed E-state index contributed by atoms with van der Waals surface area (Å²) in [4.78, 5) is 46.5. The third kappa shape index (κ3) is 4.07. The van der Waals surface area contributed by atoms with Crippen LogP contribution in [0.25, 0.3) is 10.8 Å². The maximum atomic E-state index is 12.1. The fourth-order valence-corrected chi connectivity index (χ4v) is 4.34. The minimum atomic E-state index is -1.09. The van der Waals surface area contributed by atoms with E-state index in [2.05, 4.69) is 20.6 Å². The lowest BCUT2D eigenvalue weighted by atomic mass is 10.0. The van der Waals surface area contributed by atoms with Crippen LogP contribution in [-0.2, 0) is 11.2 Å². The number of benzene rings is 1. The summed E-state index contributed by atoms with van der Waals surface area (Å²) in [5.74, 6) is -0.409. The Bertz CT molecular complexity index is 1410. The first-order chi connectivity index (χ1) is 16.5. The van der Waals surface area contributed by atoms with Crippen molar-refractivity contribution in [1.29, 1.82) is 0 Å². The molecule has 172 valence electrons. The highest BCUT2D eigenvalue weighted by Crippen LogP contribution is 2.26. The number of aromatic nitrogens is 2. The van der Waals surface area contributed by atoms with Gasteiger partial charge in [0.2, 0.25) is 0 Å². The average molecular weight is 457 g/mol. The molecule has 0 amide bonds. The summed E-state index contributed by atoms with van der Waals surface area (Å²) in [6, 6.07) is 10.1. The SMILES string of the molecule is O=C(O)[C@H](Cc1ccc(Nc2nccc3ccncc23)cc1)Nc1c(N2CCCC2)c(=O)c1=O. The zero-order valence-electron chi connectivity index (χ0n) is 18.3. The molecule has 0 spiro atoms. The average Bonchev–Trinajstić information content (AvgIpc) is 3.38. The van der Waals surface area contributed by atoms with Gasteiger partial charge in [-0.1, -0.05) is 12.1 Å². The quantitative estimate of drug-likeness (QED) is 0.343. The summed E-state index contributed by atoms with van der Waals surface area (Å²) in [6.07, 6.45) is 7.26. The highest BCUT2D eigenvalue weighted by atomic mass is 16.4. The lowest BCUT2D eigenvalue weighted by molar-refractivity contribution is -0.137. The first-order valence-electron chi connectivity index (χ1n) is 11.1. The van der Waals surface area contributed by atoms with Gasteiger partial charge in [0.1, 0.15) is 23.2 Å². The van der Waals surface area contributed by atoms with Gasteiger partial charge >= 0.3 is 5.97 Å². The van der Waals surface area contributed by atoms with Gasteiger partial charge in [-0.3, -0.25) is 14.6 Å². The molecule has 34 heavy (non-hydrogen) atoms. The van der Waals surface area contributed by atoms with Gasteiger partial charge in [-0.25, -0.2) is 9.78 Å². The standard InChI is InChI=1S/C25H23N5O4/c31-22-20(21(23(22)32)30-11-1-2-12-30)29-19(25(33)34)13-15-3-5-17(6-4-15)28-24-18-14-26-9-7-16(18)8-10-27-24/h3-10,14,19,29H,1-2,11-13H2,(H,27,28)(H,33,34)/t19-/m0/s1. The monoisotopic (exact) mass is 457 g/mol. The highest BCUT2D eigenvalue weighted by molar-refractivity contribution is 5.92. The second-order valence-electron chi connectivity index (χ2n) is 8.39. The molecule has 3 heterocycles. The van der Waals surface area contributed by atoms with Crippen molar-refractivity contribution in [3.8, 4) is 0 Å². The predicted octanol–water partition coefficient (Wildman–Crippen LogP) is 2.68. The van der Waals surface area contributed by atoms with Crippen molar-refractivity contribution in [2.24, 2.45) is 0 Å². The van der Waals surface area contributed by atoms with Gasteiger partial charge in [0.15, 0.2) is 0 Å². The fraction of sp³-hybridized carbons (Fsp3) is 0.240. The first-order valence-corrected chi connectivity index (χ1v) is 11.1. The number of carboxylic acid groups (broad SMARTS) is 1. The van der Waals surface area contributed by atoms with E-state index in [9.17, 15) is 19.5 Å². The van der Waals surface area contributed by atoms with Crippen molar-refractivity contribution in [3.63, 3.8) is 0 Å². The number of pyridine rings is 2. The van der Waals surface area contributed by atoms with Crippen molar-refractivity contribution in [2.75, 3.05) is 28.6 Å². The molecule has 0 aliphatic carbocycles. The van der Waals surface area contributed by atoms with Crippen LogP contribution in [-0.4, -0.2) is 40.2 Å². The largest absolute Gasteiger partial charge is 0.480 e. The Labute approximate surface area is 194 Å². The Morgan fingerprint density at radius 3 is 2.50 bits per heavy atom. The second-order valence-corrected chi connectivity index (χ2v) is 8.39. The molecular formula is C25H23N5O4. The summed E-state index contributed by atoms with van der Waals surface area (Å²) < 4.78 is 0. The smallest absolute Gasteiger partial charge is 0.326 e. The van der Waals surface area contributed by atoms with Crippen molar-refractivity contribution >= 4 is 39.6 Å². The number of carboxylic acids is 1. The maximum Gasteiger partial charge on any atom is 0.326 e. The van der Waals surface area contributed by atoms with Gasteiger partial charge in [-0.05, 0) is 48.1 Å². The van der Waals surface area contributed by atoms with Crippen LogP contribution in [0.2, 0.25) is 0 Å². The molecule has 2 aromatic carbocycles. The number of nitrogens with zero attached hydrogens (tertiary/aromatic N) is 3. The van der Waals surface area contributed by atoms with Crippen LogP contribution in [0, 0.1) is 0 Å². The second kappa shape index (κ2) is 8.93. The number of fused-ring (bicyclic) bond motifs is 1. The van der Waals surface area contributed by atoms with Crippen LogP contribution in [0.5, 0.6) is 0 Å². The van der Waals surface area contributed by atoms with Gasteiger partial charge in [0.25, 0.3) is 10.9 Å². The molecule has 9 heteroatoms. The molecule has 1 fully saturated rings. The number of nitrogens with one attached hydrogen (secondary N) is 2. The molecule has 1 aliphatic rings. The van der Waals surface area contributed by atoms with Crippen LogP contribution in [0.1, 0.15) is 18.4 Å². The normalized spacial score (nSPS) is 14.4. The van der Waals surface area contributed by atoms with E-state index < -0.39 is 22.9 Å². The molecule has 0 bridgehead atoms. The molecule has 0 saturated carbocycles. The van der Waals surface area contributed by atoms with Crippen LogP contribution in [0.3, 0.4) is 0 Å². The number of hydrogen-bond donors (Lipinski definition) is 3. The summed E-state index contributed by atoms with van der Waals surface area (Å²) in [7, 11) is 0. The zero-order chi connectivity index (χ0) is 23.7. The topological polar surface area (TPSA) is 125 Å². The molecule has 9 nitrogen and oxygen atoms in total. The Morgan fingerprint density at radius 1 is 1.03 bits per heavy atom. The number of hydrogen-bond acceptors (Lipinski definition) is 8. The molecule has 1 atom stereocenters. The van der Waals surface area contributed by atoms with Crippen LogP contribution >= 0.6 is 0 Å². The van der Waals surface area contributed by atoms with E-state index in [1.165, 1.54) is 0 Å². The van der Waals surface area contributed by atoms with Crippen molar-refractivity contribution < 1.29 is 9.90 Å².